The number of thiazole rings is 1. The number of nitrogens with zero attached hydrogens (tertiary/aromatic N) is 3. The van der Waals surface area contributed by atoms with Crippen LogP contribution in [0.25, 0.3) is 0 Å². The van der Waals surface area contributed by atoms with Gasteiger partial charge in [0.1, 0.15) is 0 Å². The summed E-state index contributed by atoms with van der Waals surface area (Å²) < 4.78 is 0. The smallest absolute Gasteiger partial charge is 0.239 e. The maximum atomic E-state index is 11.9. The molecule has 2 heterocycles. The first-order chi connectivity index (χ1) is 9.06. The van der Waals surface area contributed by atoms with Crippen molar-refractivity contribution < 1.29 is 4.79 Å². The summed E-state index contributed by atoms with van der Waals surface area (Å²) in [6.07, 6.45) is 1.00. The number of nitrogens with two attached hydrogens (primary N) is 1. The molecule has 20 heavy (non-hydrogen) atoms. The van der Waals surface area contributed by atoms with Gasteiger partial charge in [0.05, 0.1) is 16.7 Å². The second kappa shape index (κ2) is 7.93. The number of amides is 1. The second-order valence-electron chi connectivity index (χ2n) is 5.10. The van der Waals surface area contributed by atoms with Gasteiger partial charge < -0.3 is 10.6 Å². The molecular formula is C13H23ClN4OS. The van der Waals surface area contributed by atoms with Crippen LogP contribution in [-0.4, -0.2) is 52.9 Å². The second-order valence-corrected chi connectivity index (χ2v) is 6.16. The summed E-state index contributed by atoms with van der Waals surface area (Å²) in [6.45, 7) is 8.15. The van der Waals surface area contributed by atoms with Crippen molar-refractivity contribution in [3.63, 3.8) is 0 Å². The predicted octanol–water partition coefficient (Wildman–Crippen LogP) is 1.25. The fourth-order valence-corrected chi connectivity index (χ4v) is 2.95. The molecule has 0 aliphatic carbocycles. The van der Waals surface area contributed by atoms with Crippen molar-refractivity contribution in [3.05, 3.63) is 16.1 Å². The van der Waals surface area contributed by atoms with Crippen LogP contribution in [0.4, 0.5) is 0 Å². The van der Waals surface area contributed by atoms with Crippen molar-refractivity contribution in [1.29, 1.82) is 0 Å². The Balaban J connectivity index is 0.00000200. The lowest BCUT2D eigenvalue weighted by molar-refractivity contribution is -0.132. The van der Waals surface area contributed by atoms with Crippen LogP contribution in [0, 0.1) is 6.92 Å². The van der Waals surface area contributed by atoms with E-state index in [4.69, 9.17) is 5.73 Å². The number of halogens is 1. The molecule has 0 radical (unpaired) electrons. The summed E-state index contributed by atoms with van der Waals surface area (Å²) in [5.41, 5.74) is 6.80. The van der Waals surface area contributed by atoms with E-state index in [0.29, 0.717) is 0 Å². The van der Waals surface area contributed by atoms with Gasteiger partial charge in [0.15, 0.2) is 0 Å². The van der Waals surface area contributed by atoms with Gasteiger partial charge in [0.2, 0.25) is 5.91 Å². The average Bonchev–Trinajstić information content (AvgIpc) is 2.63. The molecule has 1 aromatic heterocycles. The van der Waals surface area contributed by atoms with Crippen LogP contribution in [0.2, 0.25) is 0 Å². The molecule has 1 aliphatic heterocycles. The lowest BCUT2D eigenvalue weighted by atomic mass is 10.3. The Morgan fingerprint density at radius 2 is 2.20 bits per heavy atom. The molecule has 5 nitrogen and oxygen atoms in total. The van der Waals surface area contributed by atoms with Crippen LogP contribution in [0.3, 0.4) is 0 Å². The third kappa shape index (κ3) is 4.70. The standard InChI is InChI=1S/C13H22N4OS.ClH/c1-10(14)13(18)17-5-3-4-16(6-7-17)8-12-9-19-11(2)15-12;/h9-10H,3-8,14H2,1-2H3;1H/t10-;/m1./s1. The molecule has 1 amide bonds. The maximum absolute atomic E-state index is 11.9. The zero-order valence-electron chi connectivity index (χ0n) is 12.0. The molecular weight excluding hydrogens is 296 g/mol. The first-order valence-corrected chi connectivity index (χ1v) is 7.62. The molecule has 1 aromatic rings. The van der Waals surface area contributed by atoms with Crippen LogP contribution >= 0.6 is 23.7 Å². The first kappa shape index (κ1) is 17.4. The van der Waals surface area contributed by atoms with Gasteiger partial charge in [0, 0.05) is 38.1 Å². The van der Waals surface area contributed by atoms with E-state index in [1.54, 1.807) is 18.3 Å². The van der Waals surface area contributed by atoms with Gasteiger partial charge in [-0.15, -0.1) is 23.7 Å². The Morgan fingerprint density at radius 1 is 1.45 bits per heavy atom. The molecule has 7 heteroatoms. The lowest BCUT2D eigenvalue weighted by Gasteiger charge is -2.23. The normalized spacial score (nSPS) is 18.2. The van der Waals surface area contributed by atoms with Crippen LogP contribution in [0.15, 0.2) is 5.38 Å². The minimum Gasteiger partial charge on any atom is -0.340 e. The Bertz CT molecular complexity index is 438. The minimum atomic E-state index is -0.396. The van der Waals surface area contributed by atoms with E-state index in [-0.39, 0.29) is 18.3 Å². The summed E-state index contributed by atoms with van der Waals surface area (Å²) in [6, 6.07) is -0.396. The Hall–Kier alpha value is -0.690. The summed E-state index contributed by atoms with van der Waals surface area (Å²) in [5, 5.41) is 3.23. The summed E-state index contributed by atoms with van der Waals surface area (Å²) in [5.74, 6) is 0.0614. The van der Waals surface area contributed by atoms with Crippen LogP contribution in [0.5, 0.6) is 0 Å². The fraction of sp³-hybridized carbons (Fsp3) is 0.692. The molecule has 1 aliphatic rings. The molecule has 0 aromatic carbocycles. The van der Waals surface area contributed by atoms with Crippen LogP contribution in [0.1, 0.15) is 24.0 Å². The third-order valence-electron chi connectivity index (χ3n) is 3.34. The van der Waals surface area contributed by atoms with Gasteiger partial charge >= 0.3 is 0 Å². The Morgan fingerprint density at radius 3 is 2.80 bits per heavy atom. The van der Waals surface area contributed by atoms with E-state index < -0.39 is 6.04 Å². The number of hydrogen-bond acceptors (Lipinski definition) is 5. The maximum Gasteiger partial charge on any atom is 0.239 e. The van der Waals surface area contributed by atoms with Crippen molar-refractivity contribution >= 4 is 29.7 Å². The number of carbonyl (C=O) groups excluding carboxylic acids is 1. The number of carbonyl (C=O) groups is 1. The molecule has 1 saturated heterocycles. The molecule has 2 N–H and O–H groups in total. The number of aryl methyl sites for hydroxylation is 1. The number of hydrogen-bond donors (Lipinski definition) is 1. The third-order valence-corrected chi connectivity index (χ3v) is 4.16. The van der Waals surface area contributed by atoms with Crippen molar-refractivity contribution in [2.75, 3.05) is 26.2 Å². The number of rotatable bonds is 3. The SMILES string of the molecule is Cc1nc(CN2CCCN(C(=O)[C@@H](C)N)CC2)cs1.Cl. The van der Waals surface area contributed by atoms with E-state index in [1.165, 1.54) is 0 Å². The van der Waals surface area contributed by atoms with Gasteiger partial charge in [-0.1, -0.05) is 0 Å². The van der Waals surface area contributed by atoms with Crippen molar-refractivity contribution in [2.45, 2.75) is 32.9 Å². The van der Waals surface area contributed by atoms with Crippen LogP contribution in [-0.2, 0) is 11.3 Å². The van der Waals surface area contributed by atoms with Gasteiger partial charge in [0.25, 0.3) is 0 Å². The number of aromatic nitrogens is 1. The molecule has 2 rings (SSSR count). The van der Waals surface area contributed by atoms with Gasteiger partial charge in [-0.25, -0.2) is 4.98 Å². The quantitative estimate of drug-likeness (QED) is 0.911. The Labute approximate surface area is 130 Å². The van der Waals surface area contributed by atoms with E-state index >= 15 is 0 Å². The highest BCUT2D eigenvalue weighted by Crippen LogP contribution is 2.12. The van der Waals surface area contributed by atoms with Crippen molar-refractivity contribution in [3.8, 4) is 0 Å². The average molecular weight is 319 g/mol. The van der Waals surface area contributed by atoms with Crippen LogP contribution < -0.4 is 5.73 Å². The van der Waals surface area contributed by atoms with E-state index in [9.17, 15) is 4.79 Å². The predicted molar refractivity (Wildman–Crippen MR) is 84.2 cm³/mol. The molecule has 1 atom stereocenters. The lowest BCUT2D eigenvalue weighted by Crippen LogP contribution is -2.43. The topological polar surface area (TPSA) is 62.5 Å². The highest BCUT2D eigenvalue weighted by molar-refractivity contribution is 7.09. The highest BCUT2D eigenvalue weighted by Gasteiger charge is 2.21. The molecule has 1 fully saturated rings. The molecule has 0 bridgehead atoms. The summed E-state index contributed by atoms with van der Waals surface area (Å²) in [7, 11) is 0. The first-order valence-electron chi connectivity index (χ1n) is 6.74. The van der Waals surface area contributed by atoms with E-state index in [1.807, 2.05) is 11.8 Å². The van der Waals surface area contributed by atoms with E-state index in [0.717, 1.165) is 49.8 Å². The van der Waals surface area contributed by atoms with Gasteiger partial charge in [-0.05, 0) is 20.3 Å². The largest absolute Gasteiger partial charge is 0.340 e. The molecule has 0 unspecified atom stereocenters. The minimum absolute atomic E-state index is 0. The molecule has 0 spiro atoms. The summed E-state index contributed by atoms with van der Waals surface area (Å²) in [4.78, 5) is 20.6. The molecule has 0 saturated carbocycles. The summed E-state index contributed by atoms with van der Waals surface area (Å²) >= 11 is 1.69. The van der Waals surface area contributed by atoms with Crippen molar-refractivity contribution in [1.82, 2.24) is 14.8 Å². The fourth-order valence-electron chi connectivity index (χ4n) is 2.35. The van der Waals surface area contributed by atoms with Gasteiger partial charge in [-0.3, -0.25) is 9.69 Å². The zero-order chi connectivity index (χ0) is 13.8. The van der Waals surface area contributed by atoms with Crippen molar-refractivity contribution in [2.24, 2.45) is 5.73 Å². The van der Waals surface area contributed by atoms with E-state index in [2.05, 4.69) is 15.3 Å². The van der Waals surface area contributed by atoms with Gasteiger partial charge in [-0.2, -0.15) is 0 Å². The monoisotopic (exact) mass is 318 g/mol. The molecule has 114 valence electrons. The zero-order valence-corrected chi connectivity index (χ0v) is 13.7. The Kier molecular flexibility index (Phi) is 6.88. The highest BCUT2D eigenvalue weighted by atomic mass is 35.5.